The van der Waals surface area contributed by atoms with Gasteiger partial charge in [-0.1, -0.05) is 0 Å². The first-order valence-corrected chi connectivity index (χ1v) is 6.90. The maximum absolute atomic E-state index is 5.71. The smallest absolute Gasteiger partial charge is 0.0699 e. The molecule has 2 aliphatic heterocycles. The molecule has 0 aromatic heterocycles. The van der Waals surface area contributed by atoms with E-state index < -0.39 is 0 Å². The first kappa shape index (κ1) is 12.3. The van der Waals surface area contributed by atoms with Gasteiger partial charge in [-0.2, -0.15) is 0 Å². The zero-order chi connectivity index (χ0) is 11.2. The van der Waals surface area contributed by atoms with Crippen molar-refractivity contribution in [2.45, 2.75) is 51.2 Å². The Morgan fingerprint density at radius 2 is 2.19 bits per heavy atom. The molecule has 0 saturated carbocycles. The lowest BCUT2D eigenvalue weighted by Crippen LogP contribution is -2.41. The maximum atomic E-state index is 5.71. The maximum Gasteiger partial charge on any atom is 0.0699 e. The SMILES string of the molecule is CC1CC(CNCC2CCCCO2)CCN1. The number of rotatable bonds is 4. The lowest BCUT2D eigenvalue weighted by atomic mass is 9.93. The van der Waals surface area contributed by atoms with E-state index in [1.807, 2.05) is 0 Å². The van der Waals surface area contributed by atoms with Crippen LogP contribution in [0.2, 0.25) is 0 Å². The Kier molecular flexibility index (Phi) is 5.07. The zero-order valence-electron chi connectivity index (χ0n) is 10.5. The van der Waals surface area contributed by atoms with Crippen LogP contribution in [0.15, 0.2) is 0 Å². The quantitative estimate of drug-likeness (QED) is 0.763. The van der Waals surface area contributed by atoms with Crippen LogP contribution < -0.4 is 10.6 Å². The van der Waals surface area contributed by atoms with Crippen LogP contribution in [0.4, 0.5) is 0 Å². The van der Waals surface area contributed by atoms with Crippen molar-refractivity contribution < 1.29 is 4.74 Å². The average Bonchev–Trinajstić information content (AvgIpc) is 2.30. The average molecular weight is 226 g/mol. The van der Waals surface area contributed by atoms with Crippen LogP contribution >= 0.6 is 0 Å². The topological polar surface area (TPSA) is 33.3 Å². The molecule has 2 rings (SSSR count). The van der Waals surface area contributed by atoms with E-state index in [0.29, 0.717) is 12.1 Å². The Morgan fingerprint density at radius 3 is 2.94 bits per heavy atom. The minimum Gasteiger partial charge on any atom is -0.377 e. The van der Waals surface area contributed by atoms with Crippen molar-refractivity contribution in [3.63, 3.8) is 0 Å². The fourth-order valence-corrected chi connectivity index (χ4v) is 2.84. The third-order valence-electron chi connectivity index (χ3n) is 3.81. The van der Waals surface area contributed by atoms with E-state index in [4.69, 9.17) is 4.74 Å². The summed E-state index contributed by atoms with van der Waals surface area (Å²) in [6.07, 6.45) is 6.96. The van der Waals surface area contributed by atoms with Gasteiger partial charge in [-0.25, -0.2) is 0 Å². The predicted octanol–water partition coefficient (Wildman–Crippen LogP) is 1.53. The molecule has 3 heteroatoms. The van der Waals surface area contributed by atoms with Crippen molar-refractivity contribution in [2.24, 2.45) is 5.92 Å². The van der Waals surface area contributed by atoms with Crippen LogP contribution in [0.3, 0.4) is 0 Å². The fourth-order valence-electron chi connectivity index (χ4n) is 2.84. The first-order chi connectivity index (χ1) is 7.84. The first-order valence-electron chi connectivity index (χ1n) is 6.90. The molecule has 3 atom stereocenters. The molecule has 2 fully saturated rings. The molecule has 2 aliphatic rings. The third kappa shape index (κ3) is 4.04. The van der Waals surface area contributed by atoms with E-state index >= 15 is 0 Å². The highest BCUT2D eigenvalue weighted by Gasteiger charge is 2.19. The van der Waals surface area contributed by atoms with Gasteiger partial charge in [0.05, 0.1) is 6.10 Å². The molecule has 0 aromatic carbocycles. The van der Waals surface area contributed by atoms with Crippen LogP contribution in [-0.4, -0.2) is 38.4 Å². The summed E-state index contributed by atoms with van der Waals surface area (Å²) in [5, 5.41) is 7.09. The van der Waals surface area contributed by atoms with E-state index in [-0.39, 0.29) is 0 Å². The number of ether oxygens (including phenoxy) is 1. The molecule has 3 nitrogen and oxygen atoms in total. The summed E-state index contributed by atoms with van der Waals surface area (Å²) in [5.74, 6) is 0.861. The second-order valence-electron chi connectivity index (χ2n) is 5.39. The molecular formula is C13H26N2O. The molecule has 3 unspecified atom stereocenters. The molecule has 0 radical (unpaired) electrons. The van der Waals surface area contributed by atoms with Gasteiger partial charge in [0.1, 0.15) is 0 Å². The van der Waals surface area contributed by atoms with Gasteiger partial charge in [-0.3, -0.25) is 0 Å². The highest BCUT2D eigenvalue weighted by molar-refractivity contribution is 4.77. The molecular weight excluding hydrogens is 200 g/mol. The lowest BCUT2D eigenvalue weighted by molar-refractivity contribution is 0.0163. The molecule has 0 spiro atoms. The third-order valence-corrected chi connectivity index (χ3v) is 3.81. The minimum absolute atomic E-state index is 0.480. The van der Waals surface area contributed by atoms with Crippen LogP contribution in [0, 0.1) is 5.92 Å². The largest absolute Gasteiger partial charge is 0.377 e. The number of piperidine rings is 1. The van der Waals surface area contributed by atoms with Gasteiger partial charge in [0.25, 0.3) is 0 Å². The monoisotopic (exact) mass is 226 g/mol. The van der Waals surface area contributed by atoms with Crippen LogP contribution in [-0.2, 0) is 4.74 Å². The van der Waals surface area contributed by atoms with Gasteiger partial charge in [-0.15, -0.1) is 0 Å². The van der Waals surface area contributed by atoms with Gasteiger partial charge >= 0.3 is 0 Å². The van der Waals surface area contributed by atoms with Crippen LogP contribution in [0.25, 0.3) is 0 Å². The Labute approximate surface area is 99.3 Å². The molecule has 94 valence electrons. The molecule has 2 saturated heterocycles. The minimum atomic E-state index is 0.480. The Morgan fingerprint density at radius 1 is 1.25 bits per heavy atom. The summed E-state index contributed by atoms with van der Waals surface area (Å²) in [4.78, 5) is 0. The summed E-state index contributed by atoms with van der Waals surface area (Å²) in [6.45, 7) is 6.67. The van der Waals surface area contributed by atoms with Gasteiger partial charge < -0.3 is 15.4 Å². The summed E-state index contributed by atoms with van der Waals surface area (Å²) in [5.41, 5.74) is 0. The number of nitrogens with one attached hydrogen (secondary N) is 2. The van der Waals surface area contributed by atoms with E-state index in [1.165, 1.54) is 45.2 Å². The molecule has 0 bridgehead atoms. The summed E-state index contributed by atoms with van der Waals surface area (Å²) in [6, 6.07) is 0.700. The van der Waals surface area contributed by atoms with Crippen molar-refractivity contribution in [1.82, 2.24) is 10.6 Å². The lowest BCUT2D eigenvalue weighted by Gasteiger charge is -2.29. The van der Waals surface area contributed by atoms with Crippen molar-refractivity contribution >= 4 is 0 Å². The summed E-state index contributed by atoms with van der Waals surface area (Å²) >= 11 is 0. The molecule has 16 heavy (non-hydrogen) atoms. The Hall–Kier alpha value is -0.120. The highest BCUT2D eigenvalue weighted by atomic mass is 16.5. The van der Waals surface area contributed by atoms with Gasteiger partial charge in [-0.05, 0) is 58.0 Å². The van der Waals surface area contributed by atoms with Gasteiger partial charge in [0.2, 0.25) is 0 Å². The normalized spacial score (nSPS) is 36.2. The second-order valence-corrected chi connectivity index (χ2v) is 5.39. The summed E-state index contributed by atoms with van der Waals surface area (Å²) in [7, 11) is 0. The highest BCUT2D eigenvalue weighted by Crippen LogP contribution is 2.15. The standard InChI is InChI=1S/C13H26N2O/c1-11-8-12(5-6-15-11)9-14-10-13-4-2-3-7-16-13/h11-15H,2-10H2,1H3. The van der Waals surface area contributed by atoms with E-state index in [2.05, 4.69) is 17.6 Å². The Bertz CT molecular complexity index is 192. The molecule has 0 aliphatic carbocycles. The van der Waals surface area contributed by atoms with E-state index in [9.17, 15) is 0 Å². The van der Waals surface area contributed by atoms with E-state index in [1.54, 1.807) is 0 Å². The second kappa shape index (κ2) is 6.58. The number of hydrogen-bond donors (Lipinski definition) is 2. The molecule has 2 heterocycles. The zero-order valence-corrected chi connectivity index (χ0v) is 10.5. The molecule has 0 aromatic rings. The fraction of sp³-hybridized carbons (Fsp3) is 1.00. The predicted molar refractivity (Wildman–Crippen MR) is 66.6 cm³/mol. The van der Waals surface area contributed by atoms with Crippen molar-refractivity contribution in [3.05, 3.63) is 0 Å². The molecule has 2 N–H and O–H groups in total. The van der Waals surface area contributed by atoms with Gasteiger partial charge in [0.15, 0.2) is 0 Å². The van der Waals surface area contributed by atoms with Crippen LogP contribution in [0.1, 0.15) is 39.0 Å². The van der Waals surface area contributed by atoms with Crippen LogP contribution in [0.5, 0.6) is 0 Å². The Balaban J connectivity index is 1.56. The molecule has 0 amide bonds. The van der Waals surface area contributed by atoms with E-state index in [0.717, 1.165) is 19.1 Å². The number of hydrogen-bond acceptors (Lipinski definition) is 3. The summed E-state index contributed by atoms with van der Waals surface area (Å²) < 4.78 is 5.71. The van der Waals surface area contributed by atoms with Crippen molar-refractivity contribution in [2.75, 3.05) is 26.2 Å². The van der Waals surface area contributed by atoms with Crippen molar-refractivity contribution in [1.29, 1.82) is 0 Å². The van der Waals surface area contributed by atoms with Gasteiger partial charge in [0, 0.05) is 19.2 Å². The van der Waals surface area contributed by atoms with Crippen molar-refractivity contribution in [3.8, 4) is 0 Å².